The molecule has 0 amide bonds. The lowest BCUT2D eigenvalue weighted by atomic mass is 10.2. The van der Waals surface area contributed by atoms with E-state index in [0.717, 1.165) is 37.8 Å². The summed E-state index contributed by atoms with van der Waals surface area (Å²) < 4.78 is 0. The zero-order valence-electron chi connectivity index (χ0n) is 10.7. The van der Waals surface area contributed by atoms with Crippen LogP contribution >= 0.6 is 0 Å². The van der Waals surface area contributed by atoms with Gasteiger partial charge in [-0.2, -0.15) is 0 Å². The van der Waals surface area contributed by atoms with Crippen LogP contribution in [-0.2, 0) is 6.54 Å². The van der Waals surface area contributed by atoms with E-state index in [4.69, 9.17) is 0 Å². The van der Waals surface area contributed by atoms with E-state index >= 15 is 0 Å². The molecular formula is C13H22N4. The van der Waals surface area contributed by atoms with Crippen LogP contribution in [0.25, 0.3) is 0 Å². The molecule has 1 aromatic heterocycles. The maximum Gasteiger partial charge on any atom is 0.225 e. The Morgan fingerprint density at radius 2 is 2.00 bits per heavy atom. The van der Waals surface area contributed by atoms with Gasteiger partial charge in [-0.3, -0.25) is 0 Å². The van der Waals surface area contributed by atoms with E-state index in [0.29, 0.717) is 0 Å². The van der Waals surface area contributed by atoms with Crippen LogP contribution in [0, 0.1) is 0 Å². The summed E-state index contributed by atoms with van der Waals surface area (Å²) in [5.41, 5.74) is 1.08. The Morgan fingerprint density at radius 1 is 1.24 bits per heavy atom. The van der Waals surface area contributed by atoms with Crippen molar-refractivity contribution < 1.29 is 0 Å². The first kappa shape index (κ1) is 12.3. The second-order valence-electron chi connectivity index (χ2n) is 4.53. The smallest absolute Gasteiger partial charge is 0.225 e. The molecule has 0 unspecified atom stereocenters. The molecule has 1 fully saturated rings. The second kappa shape index (κ2) is 6.55. The number of hydrogen-bond donors (Lipinski definition) is 1. The Hall–Kier alpha value is -1.16. The van der Waals surface area contributed by atoms with Crippen molar-refractivity contribution in [1.82, 2.24) is 15.3 Å². The summed E-state index contributed by atoms with van der Waals surface area (Å²) in [5, 5.41) is 3.30. The first-order valence-electron chi connectivity index (χ1n) is 6.67. The minimum atomic E-state index is 0.833. The van der Waals surface area contributed by atoms with Crippen molar-refractivity contribution in [3.63, 3.8) is 0 Å². The maximum absolute atomic E-state index is 4.63. The van der Waals surface area contributed by atoms with Crippen LogP contribution in [0.5, 0.6) is 0 Å². The third kappa shape index (κ3) is 3.66. The SMILES string of the molecule is CCNCc1ccnc(N2CCCCCC2)n1. The summed E-state index contributed by atoms with van der Waals surface area (Å²) in [5.74, 6) is 0.905. The van der Waals surface area contributed by atoms with E-state index < -0.39 is 0 Å². The normalized spacial score (nSPS) is 16.9. The molecule has 0 aromatic carbocycles. The summed E-state index contributed by atoms with van der Waals surface area (Å²) in [6.45, 7) is 6.12. The molecule has 2 heterocycles. The van der Waals surface area contributed by atoms with Gasteiger partial charge < -0.3 is 10.2 Å². The zero-order chi connectivity index (χ0) is 11.9. The van der Waals surface area contributed by atoms with Crippen LogP contribution in [-0.4, -0.2) is 29.6 Å². The highest BCUT2D eigenvalue weighted by Gasteiger charge is 2.12. The molecule has 17 heavy (non-hydrogen) atoms. The quantitative estimate of drug-likeness (QED) is 0.864. The van der Waals surface area contributed by atoms with E-state index in [1.165, 1.54) is 25.7 Å². The summed E-state index contributed by atoms with van der Waals surface area (Å²) in [6, 6.07) is 1.99. The molecule has 2 rings (SSSR count). The van der Waals surface area contributed by atoms with Gasteiger partial charge in [-0.15, -0.1) is 0 Å². The van der Waals surface area contributed by atoms with Gasteiger partial charge in [-0.05, 0) is 25.5 Å². The molecule has 0 radical (unpaired) electrons. The number of nitrogens with one attached hydrogen (secondary N) is 1. The third-order valence-corrected chi connectivity index (χ3v) is 3.15. The van der Waals surface area contributed by atoms with Crippen molar-refractivity contribution in [3.05, 3.63) is 18.0 Å². The summed E-state index contributed by atoms with van der Waals surface area (Å²) in [4.78, 5) is 11.3. The van der Waals surface area contributed by atoms with Crippen molar-refractivity contribution in [2.45, 2.75) is 39.2 Å². The Balaban J connectivity index is 2.03. The van der Waals surface area contributed by atoms with Crippen molar-refractivity contribution in [2.24, 2.45) is 0 Å². The minimum absolute atomic E-state index is 0.833. The Morgan fingerprint density at radius 3 is 2.71 bits per heavy atom. The number of rotatable bonds is 4. The lowest BCUT2D eigenvalue weighted by molar-refractivity contribution is 0.698. The molecule has 94 valence electrons. The van der Waals surface area contributed by atoms with Crippen LogP contribution in [0.15, 0.2) is 12.3 Å². The van der Waals surface area contributed by atoms with Gasteiger partial charge in [-0.1, -0.05) is 19.8 Å². The first-order chi connectivity index (χ1) is 8.40. The fourth-order valence-corrected chi connectivity index (χ4v) is 2.16. The van der Waals surface area contributed by atoms with Crippen LogP contribution in [0.2, 0.25) is 0 Å². The van der Waals surface area contributed by atoms with Crippen molar-refractivity contribution in [3.8, 4) is 0 Å². The third-order valence-electron chi connectivity index (χ3n) is 3.15. The van der Waals surface area contributed by atoms with E-state index in [-0.39, 0.29) is 0 Å². The predicted molar refractivity (Wildman–Crippen MR) is 70.1 cm³/mol. The molecule has 0 spiro atoms. The molecule has 1 aliphatic heterocycles. The van der Waals surface area contributed by atoms with Gasteiger partial charge >= 0.3 is 0 Å². The second-order valence-corrected chi connectivity index (χ2v) is 4.53. The topological polar surface area (TPSA) is 41.1 Å². The zero-order valence-corrected chi connectivity index (χ0v) is 10.7. The van der Waals surface area contributed by atoms with E-state index in [1.807, 2.05) is 12.3 Å². The van der Waals surface area contributed by atoms with Crippen molar-refractivity contribution in [2.75, 3.05) is 24.5 Å². The number of anilines is 1. The molecule has 1 aromatic rings. The molecule has 1 saturated heterocycles. The predicted octanol–water partition coefficient (Wildman–Crippen LogP) is 1.97. The highest BCUT2D eigenvalue weighted by Crippen LogP contribution is 2.15. The lowest BCUT2D eigenvalue weighted by Gasteiger charge is -2.20. The molecular weight excluding hydrogens is 212 g/mol. The molecule has 0 atom stereocenters. The molecule has 1 N–H and O–H groups in total. The van der Waals surface area contributed by atoms with Crippen LogP contribution in [0.4, 0.5) is 5.95 Å². The summed E-state index contributed by atoms with van der Waals surface area (Å²) >= 11 is 0. The highest BCUT2D eigenvalue weighted by molar-refractivity contribution is 5.30. The molecule has 0 saturated carbocycles. The van der Waals surface area contributed by atoms with E-state index in [1.54, 1.807) is 0 Å². The van der Waals surface area contributed by atoms with Crippen molar-refractivity contribution >= 4 is 5.95 Å². The maximum atomic E-state index is 4.63. The monoisotopic (exact) mass is 234 g/mol. The molecule has 4 heteroatoms. The lowest BCUT2D eigenvalue weighted by Crippen LogP contribution is -2.26. The van der Waals surface area contributed by atoms with Crippen LogP contribution in [0.1, 0.15) is 38.3 Å². The number of aromatic nitrogens is 2. The molecule has 4 nitrogen and oxygen atoms in total. The van der Waals surface area contributed by atoms with Gasteiger partial charge in [0.1, 0.15) is 0 Å². The largest absolute Gasteiger partial charge is 0.341 e. The van der Waals surface area contributed by atoms with E-state index in [2.05, 4.69) is 27.1 Å². The number of nitrogens with zero attached hydrogens (tertiary/aromatic N) is 3. The van der Waals surface area contributed by atoms with Crippen LogP contribution < -0.4 is 10.2 Å². The molecule has 0 aliphatic carbocycles. The average Bonchev–Trinajstić information content (AvgIpc) is 2.65. The van der Waals surface area contributed by atoms with Gasteiger partial charge in [0.25, 0.3) is 0 Å². The highest BCUT2D eigenvalue weighted by atomic mass is 15.2. The minimum Gasteiger partial charge on any atom is -0.341 e. The fraction of sp³-hybridized carbons (Fsp3) is 0.692. The standard InChI is InChI=1S/C13H22N4/c1-2-14-11-12-7-8-15-13(16-12)17-9-5-3-4-6-10-17/h7-8,14H,2-6,9-11H2,1H3. The van der Waals surface area contributed by atoms with Gasteiger partial charge in [0.15, 0.2) is 0 Å². The average molecular weight is 234 g/mol. The van der Waals surface area contributed by atoms with E-state index in [9.17, 15) is 0 Å². The van der Waals surface area contributed by atoms with Gasteiger partial charge in [0.05, 0.1) is 5.69 Å². The Kier molecular flexibility index (Phi) is 4.74. The van der Waals surface area contributed by atoms with Crippen LogP contribution in [0.3, 0.4) is 0 Å². The summed E-state index contributed by atoms with van der Waals surface area (Å²) in [6.07, 6.45) is 7.09. The molecule has 1 aliphatic rings. The fourth-order valence-electron chi connectivity index (χ4n) is 2.16. The van der Waals surface area contributed by atoms with Gasteiger partial charge in [0.2, 0.25) is 5.95 Å². The number of hydrogen-bond acceptors (Lipinski definition) is 4. The molecule has 0 bridgehead atoms. The Labute approximate surface area is 103 Å². The van der Waals surface area contributed by atoms with Gasteiger partial charge in [0, 0.05) is 25.8 Å². The van der Waals surface area contributed by atoms with Gasteiger partial charge in [-0.25, -0.2) is 9.97 Å². The summed E-state index contributed by atoms with van der Waals surface area (Å²) in [7, 11) is 0. The van der Waals surface area contributed by atoms with Crippen molar-refractivity contribution in [1.29, 1.82) is 0 Å². The Bertz CT molecular complexity index is 332. The first-order valence-corrected chi connectivity index (χ1v) is 6.67.